The summed E-state index contributed by atoms with van der Waals surface area (Å²) in [4.78, 5) is 0. The Hall–Kier alpha value is -2.81. The van der Waals surface area contributed by atoms with E-state index in [9.17, 15) is 8.78 Å². The highest BCUT2D eigenvalue weighted by Crippen LogP contribution is 2.35. The zero-order chi connectivity index (χ0) is 26.9. The second-order valence-corrected chi connectivity index (χ2v) is 10.8. The maximum Gasteiger partial charge on any atom is 0.166 e. The lowest BCUT2D eigenvalue weighted by Gasteiger charge is -2.22. The predicted molar refractivity (Wildman–Crippen MR) is 154 cm³/mol. The molecule has 1 aliphatic carbocycles. The number of hydrogen-bond donors (Lipinski definition) is 0. The van der Waals surface area contributed by atoms with Crippen molar-refractivity contribution in [3.8, 4) is 22.3 Å². The minimum absolute atomic E-state index is 0.230. The van der Waals surface area contributed by atoms with Crippen LogP contribution in [0.5, 0.6) is 0 Å². The molecule has 3 aromatic rings. The number of rotatable bonds is 12. The summed E-state index contributed by atoms with van der Waals surface area (Å²) in [5, 5.41) is 0. The molecule has 0 saturated heterocycles. The SMILES string of the molecule is CCCCCCCC1CC=C(c2ccc(-c3ccc(-c4ccc(CCCC)c(F)c4F)cc3)c(F)c2)CC1. The molecule has 1 atom stereocenters. The highest BCUT2D eigenvalue weighted by atomic mass is 19.2. The number of benzene rings is 3. The minimum atomic E-state index is -0.818. The molecule has 0 heterocycles. The molecule has 1 unspecified atom stereocenters. The molecule has 1 aliphatic rings. The molecule has 0 amide bonds. The van der Waals surface area contributed by atoms with Gasteiger partial charge in [0.15, 0.2) is 11.6 Å². The molecule has 0 nitrogen and oxygen atoms in total. The first kappa shape index (κ1) is 28.2. The van der Waals surface area contributed by atoms with Crippen molar-refractivity contribution in [2.24, 2.45) is 5.92 Å². The monoisotopic (exact) mass is 518 g/mol. The van der Waals surface area contributed by atoms with Gasteiger partial charge in [0.2, 0.25) is 0 Å². The molecule has 0 saturated carbocycles. The molecule has 0 aliphatic heterocycles. The van der Waals surface area contributed by atoms with Crippen molar-refractivity contribution >= 4 is 5.57 Å². The van der Waals surface area contributed by atoms with Gasteiger partial charge in [0.25, 0.3) is 0 Å². The third-order valence-corrected chi connectivity index (χ3v) is 8.04. The van der Waals surface area contributed by atoms with Crippen molar-refractivity contribution in [1.29, 1.82) is 0 Å². The number of unbranched alkanes of at least 4 members (excludes halogenated alkanes) is 5. The summed E-state index contributed by atoms with van der Waals surface area (Å²) < 4.78 is 44.5. The molecule has 0 fully saturated rings. The molecule has 0 bridgehead atoms. The van der Waals surface area contributed by atoms with Crippen LogP contribution in [-0.4, -0.2) is 0 Å². The van der Waals surface area contributed by atoms with Gasteiger partial charge in [0.05, 0.1) is 0 Å². The van der Waals surface area contributed by atoms with Gasteiger partial charge in [-0.2, -0.15) is 0 Å². The predicted octanol–water partition coefficient (Wildman–Crippen LogP) is 11.3. The highest BCUT2D eigenvalue weighted by Gasteiger charge is 2.18. The Kier molecular flexibility index (Phi) is 10.3. The van der Waals surface area contributed by atoms with Crippen LogP contribution in [0, 0.1) is 23.4 Å². The maximum atomic E-state index is 15.2. The van der Waals surface area contributed by atoms with Crippen LogP contribution in [0.2, 0.25) is 0 Å². The summed E-state index contributed by atoms with van der Waals surface area (Å²) in [6.07, 6.45) is 15.8. The van der Waals surface area contributed by atoms with Crippen LogP contribution in [0.4, 0.5) is 13.2 Å². The average Bonchev–Trinajstić information content (AvgIpc) is 2.94. The fourth-order valence-electron chi connectivity index (χ4n) is 5.60. The smallest absolute Gasteiger partial charge is 0.166 e. The molecule has 0 aromatic heterocycles. The Bertz CT molecular complexity index is 1220. The van der Waals surface area contributed by atoms with Gasteiger partial charge in [-0.25, -0.2) is 13.2 Å². The standard InChI is InChI=1S/C35H41F3/c1-3-5-7-8-9-10-25-12-14-26(15-13-25)30-21-22-31(33(36)24-30)27-16-18-28(19-17-27)32-23-20-29(11-6-4-2)34(37)35(32)38/h14,16-25H,3-13,15H2,1-2H3. The average molecular weight is 519 g/mol. The lowest BCUT2D eigenvalue weighted by Crippen LogP contribution is -2.05. The first-order chi connectivity index (χ1) is 18.5. The van der Waals surface area contributed by atoms with Crippen LogP contribution in [-0.2, 0) is 6.42 Å². The largest absolute Gasteiger partial charge is 0.206 e. The van der Waals surface area contributed by atoms with Crippen molar-refractivity contribution in [2.45, 2.75) is 90.9 Å². The third-order valence-electron chi connectivity index (χ3n) is 8.04. The first-order valence-electron chi connectivity index (χ1n) is 14.6. The van der Waals surface area contributed by atoms with E-state index in [0.29, 0.717) is 23.1 Å². The normalized spacial score (nSPS) is 15.5. The zero-order valence-corrected chi connectivity index (χ0v) is 23.0. The van der Waals surface area contributed by atoms with E-state index in [1.54, 1.807) is 42.5 Å². The van der Waals surface area contributed by atoms with Crippen LogP contribution >= 0.6 is 0 Å². The Balaban J connectivity index is 1.41. The molecule has 3 aromatic carbocycles. The molecule has 0 N–H and O–H groups in total. The zero-order valence-electron chi connectivity index (χ0n) is 23.0. The van der Waals surface area contributed by atoms with E-state index in [2.05, 4.69) is 13.0 Å². The first-order valence-corrected chi connectivity index (χ1v) is 14.6. The van der Waals surface area contributed by atoms with Crippen LogP contribution < -0.4 is 0 Å². The van der Waals surface area contributed by atoms with Crippen molar-refractivity contribution in [3.05, 3.63) is 89.3 Å². The van der Waals surface area contributed by atoms with Crippen molar-refractivity contribution in [2.75, 3.05) is 0 Å². The molecule has 4 rings (SSSR count). The Labute approximate surface area is 227 Å². The van der Waals surface area contributed by atoms with Gasteiger partial charge in [0.1, 0.15) is 5.82 Å². The lowest BCUT2D eigenvalue weighted by molar-refractivity contribution is 0.423. The van der Waals surface area contributed by atoms with E-state index in [4.69, 9.17) is 0 Å². The summed E-state index contributed by atoms with van der Waals surface area (Å²) >= 11 is 0. The Morgan fingerprint density at radius 2 is 1.34 bits per heavy atom. The second-order valence-electron chi connectivity index (χ2n) is 10.8. The van der Waals surface area contributed by atoms with E-state index in [1.165, 1.54) is 50.5 Å². The molecule has 38 heavy (non-hydrogen) atoms. The fraction of sp³-hybridized carbons (Fsp3) is 0.429. The Morgan fingerprint density at radius 1 is 0.684 bits per heavy atom. The molecular weight excluding hydrogens is 477 g/mol. The summed E-state index contributed by atoms with van der Waals surface area (Å²) in [6, 6.07) is 15.8. The topological polar surface area (TPSA) is 0 Å². The highest BCUT2D eigenvalue weighted by molar-refractivity contribution is 5.74. The van der Waals surface area contributed by atoms with E-state index in [1.807, 2.05) is 19.1 Å². The van der Waals surface area contributed by atoms with Crippen LogP contribution in [0.15, 0.2) is 60.7 Å². The summed E-state index contributed by atoms with van der Waals surface area (Å²) in [7, 11) is 0. The summed E-state index contributed by atoms with van der Waals surface area (Å²) in [6.45, 7) is 4.28. The van der Waals surface area contributed by atoms with Gasteiger partial charge in [-0.05, 0) is 71.9 Å². The number of allylic oxidation sites excluding steroid dienone is 2. The van der Waals surface area contributed by atoms with Crippen LogP contribution in [0.3, 0.4) is 0 Å². The van der Waals surface area contributed by atoms with Crippen LogP contribution in [0.25, 0.3) is 27.8 Å². The second kappa shape index (κ2) is 13.8. The number of aryl methyl sites for hydroxylation is 1. The van der Waals surface area contributed by atoms with Crippen molar-refractivity contribution < 1.29 is 13.2 Å². The van der Waals surface area contributed by atoms with Gasteiger partial charge in [-0.1, -0.05) is 113 Å². The molecule has 202 valence electrons. The quantitative estimate of drug-likeness (QED) is 0.209. The molecule has 3 heteroatoms. The van der Waals surface area contributed by atoms with Gasteiger partial charge in [-0.3, -0.25) is 0 Å². The number of hydrogen-bond acceptors (Lipinski definition) is 0. The summed E-state index contributed by atoms with van der Waals surface area (Å²) in [5.41, 5.74) is 4.67. The van der Waals surface area contributed by atoms with Gasteiger partial charge < -0.3 is 0 Å². The van der Waals surface area contributed by atoms with Crippen LogP contribution in [0.1, 0.15) is 95.6 Å². The van der Waals surface area contributed by atoms with Gasteiger partial charge in [0, 0.05) is 11.1 Å². The lowest BCUT2D eigenvalue weighted by atomic mass is 9.83. The molecule has 0 spiro atoms. The van der Waals surface area contributed by atoms with E-state index in [-0.39, 0.29) is 11.4 Å². The molecular formula is C35H41F3. The molecule has 0 radical (unpaired) electrons. The van der Waals surface area contributed by atoms with Gasteiger partial charge in [-0.15, -0.1) is 0 Å². The maximum absolute atomic E-state index is 15.2. The van der Waals surface area contributed by atoms with E-state index in [0.717, 1.165) is 42.7 Å². The summed E-state index contributed by atoms with van der Waals surface area (Å²) in [5.74, 6) is -1.08. The van der Waals surface area contributed by atoms with Gasteiger partial charge >= 0.3 is 0 Å². The third kappa shape index (κ3) is 6.98. The van der Waals surface area contributed by atoms with E-state index >= 15 is 4.39 Å². The van der Waals surface area contributed by atoms with E-state index < -0.39 is 11.6 Å². The van der Waals surface area contributed by atoms with Crippen molar-refractivity contribution in [1.82, 2.24) is 0 Å². The van der Waals surface area contributed by atoms with Crippen molar-refractivity contribution in [3.63, 3.8) is 0 Å². The number of halogens is 3. The minimum Gasteiger partial charge on any atom is -0.206 e. The Morgan fingerprint density at radius 3 is 2.00 bits per heavy atom. The fourth-order valence-corrected chi connectivity index (χ4v) is 5.60.